The maximum Gasteiger partial charge on any atom is 0.0997 e. The number of aliphatic hydroxyl groups is 1. The van der Waals surface area contributed by atoms with Crippen molar-refractivity contribution in [1.29, 1.82) is 0 Å². The molecule has 0 aromatic carbocycles. The normalized spacial score (nSPS) is 22.5. The zero-order valence-electron chi connectivity index (χ0n) is 10.1. The summed E-state index contributed by atoms with van der Waals surface area (Å²) in [5.74, 6) is 0.595. The summed E-state index contributed by atoms with van der Waals surface area (Å²) in [6, 6.07) is 0. The fourth-order valence-electron chi connectivity index (χ4n) is 2.61. The van der Waals surface area contributed by atoms with E-state index in [0.717, 1.165) is 25.1 Å². The van der Waals surface area contributed by atoms with Gasteiger partial charge in [-0.15, -0.1) is 5.10 Å². The van der Waals surface area contributed by atoms with Crippen LogP contribution in [0.3, 0.4) is 0 Å². The summed E-state index contributed by atoms with van der Waals surface area (Å²) >= 11 is 0. The van der Waals surface area contributed by atoms with Crippen molar-refractivity contribution in [2.24, 2.45) is 11.1 Å². The van der Waals surface area contributed by atoms with Crippen molar-refractivity contribution in [3.63, 3.8) is 0 Å². The Morgan fingerprint density at radius 1 is 1.41 bits per heavy atom. The molecule has 1 aromatic rings. The van der Waals surface area contributed by atoms with E-state index in [-0.39, 0.29) is 12.0 Å². The maximum absolute atomic E-state index is 9.40. The molecule has 0 saturated heterocycles. The number of hydrogen-bond acceptors (Lipinski definition) is 4. The summed E-state index contributed by atoms with van der Waals surface area (Å²) in [6.45, 7) is 1.54. The minimum Gasteiger partial charge on any atom is -0.396 e. The predicted octanol–water partition coefficient (Wildman–Crippen LogP) is 0.777. The van der Waals surface area contributed by atoms with Gasteiger partial charge in [-0.3, -0.25) is 0 Å². The van der Waals surface area contributed by atoms with Gasteiger partial charge in [0.1, 0.15) is 0 Å². The van der Waals surface area contributed by atoms with E-state index >= 15 is 0 Å². The first-order valence-corrected chi connectivity index (χ1v) is 6.51. The molecule has 0 bridgehead atoms. The van der Waals surface area contributed by atoms with Gasteiger partial charge in [0.25, 0.3) is 0 Å². The van der Waals surface area contributed by atoms with Crippen LogP contribution in [0.5, 0.6) is 0 Å². The van der Waals surface area contributed by atoms with E-state index in [0.29, 0.717) is 12.5 Å². The molecule has 0 radical (unpaired) electrons. The maximum atomic E-state index is 9.40. The van der Waals surface area contributed by atoms with Gasteiger partial charge in [0.2, 0.25) is 0 Å². The average molecular weight is 236 g/mol. The van der Waals surface area contributed by atoms with Crippen molar-refractivity contribution in [1.82, 2.24) is 15.0 Å². The van der Waals surface area contributed by atoms with Crippen LogP contribution in [0.2, 0.25) is 0 Å². The van der Waals surface area contributed by atoms with E-state index in [9.17, 15) is 5.11 Å². The smallest absolute Gasteiger partial charge is 0.0997 e. The van der Waals surface area contributed by atoms with Crippen LogP contribution < -0.4 is 5.73 Å². The molecule has 94 valence electrons. The summed E-state index contributed by atoms with van der Waals surface area (Å²) in [5.41, 5.74) is 7.99. The lowest BCUT2D eigenvalue weighted by molar-refractivity contribution is 0.186. The Morgan fingerprint density at radius 3 is 2.65 bits per heavy atom. The molecule has 2 saturated carbocycles. The molecule has 3 rings (SSSR count). The van der Waals surface area contributed by atoms with Crippen LogP contribution in [0, 0.1) is 5.41 Å². The zero-order valence-corrected chi connectivity index (χ0v) is 10.1. The Morgan fingerprint density at radius 2 is 2.18 bits per heavy atom. The Balaban J connectivity index is 1.85. The van der Waals surface area contributed by atoms with Crippen molar-refractivity contribution in [3.05, 3.63) is 11.4 Å². The summed E-state index contributed by atoms with van der Waals surface area (Å²) in [5, 5.41) is 17.8. The fourth-order valence-corrected chi connectivity index (χ4v) is 2.61. The van der Waals surface area contributed by atoms with Crippen molar-refractivity contribution >= 4 is 0 Å². The number of rotatable bonds is 5. The Labute approximate surface area is 101 Å². The van der Waals surface area contributed by atoms with Crippen LogP contribution in [-0.2, 0) is 13.1 Å². The van der Waals surface area contributed by atoms with Gasteiger partial charge in [0.05, 0.1) is 24.5 Å². The first kappa shape index (κ1) is 11.2. The molecule has 2 aliphatic carbocycles. The van der Waals surface area contributed by atoms with Gasteiger partial charge in [-0.25, -0.2) is 4.68 Å². The average Bonchev–Trinajstić information content (AvgIpc) is 2.95. The van der Waals surface area contributed by atoms with Crippen molar-refractivity contribution in [2.45, 2.75) is 51.1 Å². The van der Waals surface area contributed by atoms with Gasteiger partial charge in [0, 0.05) is 17.9 Å². The third kappa shape index (κ3) is 1.87. The van der Waals surface area contributed by atoms with E-state index in [1.165, 1.54) is 25.0 Å². The Bertz CT molecular complexity index is 407. The second-order valence-electron chi connectivity index (χ2n) is 5.57. The van der Waals surface area contributed by atoms with Crippen LogP contribution in [0.25, 0.3) is 0 Å². The van der Waals surface area contributed by atoms with Gasteiger partial charge in [0.15, 0.2) is 0 Å². The first-order valence-electron chi connectivity index (χ1n) is 6.51. The minimum atomic E-state index is 0.0814. The molecule has 0 amide bonds. The number of nitrogens with zero attached hydrogens (tertiary/aromatic N) is 3. The van der Waals surface area contributed by atoms with Crippen LogP contribution in [0.4, 0.5) is 0 Å². The SMILES string of the molecule is NCc1nnn(CC2(CO)CC2)c1C1CCC1. The van der Waals surface area contributed by atoms with Gasteiger partial charge in [-0.1, -0.05) is 11.6 Å². The number of nitrogens with two attached hydrogens (primary N) is 1. The Kier molecular flexibility index (Phi) is 2.67. The van der Waals surface area contributed by atoms with Gasteiger partial charge >= 0.3 is 0 Å². The molecule has 0 unspecified atom stereocenters. The first-order chi connectivity index (χ1) is 8.28. The van der Waals surface area contributed by atoms with Gasteiger partial charge < -0.3 is 10.8 Å². The molecule has 1 heterocycles. The number of aromatic nitrogens is 3. The number of hydrogen-bond donors (Lipinski definition) is 2. The van der Waals surface area contributed by atoms with E-state index < -0.39 is 0 Å². The second-order valence-corrected chi connectivity index (χ2v) is 5.57. The molecule has 0 spiro atoms. The lowest BCUT2D eigenvalue weighted by atomic mass is 9.82. The highest BCUT2D eigenvalue weighted by atomic mass is 16.3. The lowest BCUT2D eigenvalue weighted by Crippen LogP contribution is -2.22. The summed E-state index contributed by atoms with van der Waals surface area (Å²) in [7, 11) is 0. The standard InChI is InChI=1S/C12H20N4O/c13-6-10-11(9-2-1-3-9)16(15-14-10)7-12(8-17)4-5-12/h9,17H,1-8,13H2. The molecular formula is C12H20N4O. The third-order valence-corrected chi connectivity index (χ3v) is 4.31. The monoisotopic (exact) mass is 236 g/mol. The van der Waals surface area contributed by atoms with E-state index in [1.54, 1.807) is 0 Å². The summed E-state index contributed by atoms with van der Waals surface area (Å²) < 4.78 is 2.01. The molecule has 3 N–H and O–H groups in total. The van der Waals surface area contributed by atoms with Crippen molar-refractivity contribution < 1.29 is 5.11 Å². The van der Waals surface area contributed by atoms with Crippen LogP contribution >= 0.6 is 0 Å². The Hall–Kier alpha value is -0.940. The summed E-state index contributed by atoms with van der Waals surface area (Å²) in [4.78, 5) is 0. The predicted molar refractivity (Wildman–Crippen MR) is 63.3 cm³/mol. The zero-order chi connectivity index (χ0) is 11.9. The molecule has 0 atom stereocenters. The number of aliphatic hydroxyl groups excluding tert-OH is 1. The van der Waals surface area contributed by atoms with Crippen LogP contribution in [0.15, 0.2) is 0 Å². The molecule has 17 heavy (non-hydrogen) atoms. The van der Waals surface area contributed by atoms with Crippen LogP contribution in [0.1, 0.15) is 49.4 Å². The third-order valence-electron chi connectivity index (χ3n) is 4.31. The minimum absolute atomic E-state index is 0.0814. The topological polar surface area (TPSA) is 77.0 Å². The van der Waals surface area contributed by atoms with E-state index in [2.05, 4.69) is 10.3 Å². The van der Waals surface area contributed by atoms with Crippen molar-refractivity contribution in [2.75, 3.05) is 6.61 Å². The van der Waals surface area contributed by atoms with Crippen LogP contribution in [-0.4, -0.2) is 26.7 Å². The molecule has 2 aliphatic rings. The highest BCUT2D eigenvalue weighted by Crippen LogP contribution is 2.47. The van der Waals surface area contributed by atoms with Crippen molar-refractivity contribution in [3.8, 4) is 0 Å². The molecule has 1 aromatic heterocycles. The van der Waals surface area contributed by atoms with E-state index in [4.69, 9.17) is 5.73 Å². The van der Waals surface area contributed by atoms with E-state index in [1.807, 2.05) is 4.68 Å². The lowest BCUT2D eigenvalue weighted by Gasteiger charge is -2.27. The highest BCUT2D eigenvalue weighted by molar-refractivity contribution is 5.18. The summed E-state index contributed by atoms with van der Waals surface area (Å²) in [6.07, 6.45) is 5.96. The quantitative estimate of drug-likeness (QED) is 0.792. The highest BCUT2D eigenvalue weighted by Gasteiger charge is 2.43. The molecular weight excluding hydrogens is 216 g/mol. The molecule has 5 heteroatoms. The van der Waals surface area contributed by atoms with Gasteiger partial charge in [-0.05, 0) is 25.7 Å². The molecule has 0 aliphatic heterocycles. The molecule has 2 fully saturated rings. The largest absolute Gasteiger partial charge is 0.396 e. The fraction of sp³-hybridized carbons (Fsp3) is 0.833. The second kappa shape index (κ2) is 4.07. The van der Waals surface area contributed by atoms with Gasteiger partial charge in [-0.2, -0.15) is 0 Å². The molecule has 5 nitrogen and oxygen atoms in total.